The Morgan fingerprint density at radius 3 is 1.65 bits per heavy atom. The van der Waals surface area contributed by atoms with Gasteiger partial charge in [0.15, 0.2) is 6.61 Å². The van der Waals surface area contributed by atoms with Crippen LogP contribution < -0.4 is 5.32 Å². The number of imide groups is 1. The number of likely N-dealkylation sites (tertiary alicyclic amines) is 1. The maximum atomic E-state index is 14.2. The van der Waals surface area contributed by atoms with Crippen molar-refractivity contribution in [3.63, 3.8) is 0 Å². The van der Waals surface area contributed by atoms with Crippen LogP contribution in [0.4, 0.5) is 5.69 Å². The fourth-order valence-corrected chi connectivity index (χ4v) is 7.57. The fraction of sp³-hybridized carbons (Fsp3) is 0.389. The van der Waals surface area contributed by atoms with Gasteiger partial charge in [0.1, 0.15) is 6.04 Å². The van der Waals surface area contributed by atoms with Gasteiger partial charge in [-0.05, 0) is 58.6 Å². The summed E-state index contributed by atoms with van der Waals surface area (Å²) in [6.45, 7) is 7.42. The molecule has 1 aliphatic heterocycles. The molecule has 3 aromatic carbocycles. The molecule has 0 aromatic heterocycles. The standard InChI is InChI=1S/C36H38N2O5/c1-5-21-12-11-13-22(6-2)33(21)37-28(39)19-43-36(42)27(18-20(3)4)38-34(40)31-29-23-14-7-8-15-24(23)30(32(31)35(38)41)26-17-10-9-16-25(26)29/h7-17,20,27,29-32H,5-6,18-19H2,1-4H3,(H,37,39)/t27-,29?,30?,31-,32-/m0/s1. The minimum Gasteiger partial charge on any atom is -0.454 e. The molecule has 7 rings (SSSR count). The van der Waals surface area contributed by atoms with Crippen LogP contribution in [0.2, 0.25) is 0 Å². The third kappa shape index (κ3) is 4.75. The fourth-order valence-electron chi connectivity index (χ4n) is 7.57. The third-order valence-electron chi connectivity index (χ3n) is 9.37. The van der Waals surface area contributed by atoms with Crippen molar-refractivity contribution in [3.05, 3.63) is 100 Å². The summed E-state index contributed by atoms with van der Waals surface area (Å²) >= 11 is 0. The largest absolute Gasteiger partial charge is 0.454 e. The molecular formula is C36H38N2O5. The van der Waals surface area contributed by atoms with E-state index in [1.165, 1.54) is 4.90 Å². The van der Waals surface area contributed by atoms with Crippen LogP contribution in [0.3, 0.4) is 0 Å². The molecule has 3 atom stereocenters. The molecule has 7 heteroatoms. The zero-order chi connectivity index (χ0) is 30.4. The molecule has 7 nitrogen and oxygen atoms in total. The first-order valence-corrected chi connectivity index (χ1v) is 15.4. The van der Waals surface area contributed by atoms with E-state index in [1.54, 1.807) is 0 Å². The number of nitrogens with one attached hydrogen (secondary N) is 1. The van der Waals surface area contributed by atoms with Crippen molar-refractivity contribution in [1.82, 2.24) is 4.90 Å². The van der Waals surface area contributed by atoms with E-state index in [-0.39, 0.29) is 36.0 Å². The van der Waals surface area contributed by atoms with E-state index in [0.29, 0.717) is 0 Å². The summed E-state index contributed by atoms with van der Waals surface area (Å²) in [5, 5.41) is 2.92. The number of hydrogen-bond acceptors (Lipinski definition) is 5. The Hall–Kier alpha value is -4.26. The van der Waals surface area contributed by atoms with Gasteiger partial charge >= 0.3 is 5.97 Å². The van der Waals surface area contributed by atoms with Crippen molar-refractivity contribution in [2.75, 3.05) is 11.9 Å². The number of esters is 1. The molecule has 1 fully saturated rings. The van der Waals surface area contributed by atoms with Crippen LogP contribution in [0.15, 0.2) is 66.7 Å². The highest BCUT2D eigenvalue weighted by atomic mass is 16.5. The van der Waals surface area contributed by atoms with Crippen LogP contribution in [0.1, 0.15) is 79.3 Å². The van der Waals surface area contributed by atoms with Crippen LogP contribution in [0.5, 0.6) is 0 Å². The lowest BCUT2D eigenvalue weighted by Crippen LogP contribution is -2.47. The molecule has 3 aliphatic carbocycles. The SMILES string of the molecule is CCc1cccc(CC)c1NC(=O)COC(=O)[C@H](CC(C)C)N1C(=O)[C@H]2C3c4ccccc4C(c4ccccc43)[C@@H]2C1=O. The number of para-hydroxylation sites is 1. The summed E-state index contributed by atoms with van der Waals surface area (Å²) in [6.07, 6.45) is 1.75. The summed E-state index contributed by atoms with van der Waals surface area (Å²) in [5.41, 5.74) is 7.06. The van der Waals surface area contributed by atoms with E-state index in [9.17, 15) is 19.2 Å². The lowest BCUT2D eigenvalue weighted by atomic mass is 9.55. The molecule has 0 spiro atoms. The number of amides is 3. The van der Waals surface area contributed by atoms with E-state index in [1.807, 2.05) is 70.2 Å². The Kier molecular flexibility index (Phi) is 7.67. The predicted molar refractivity (Wildman–Crippen MR) is 163 cm³/mol. The second-order valence-electron chi connectivity index (χ2n) is 12.3. The Morgan fingerprint density at radius 2 is 1.23 bits per heavy atom. The van der Waals surface area contributed by atoms with Gasteiger partial charge in [-0.3, -0.25) is 19.3 Å². The number of carbonyl (C=O) groups excluding carboxylic acids is 4. The lowest BCUT2D eigenvalue weighted by Gasteiger charge is -2.45. The average molecular weight is 579 g/mol. The van der Waals surface area contributed by atoms with Gasteiger partial charge in [0, 0.05) is 17.5 Å². The molecule has 1 saturated heterocycles. The van der Waals surface area contributed by atoms with Gasteiger partial charge < -0.3 is 10.1 Å². The molecule has 1 heterocycles. The number of hydrogen-bond donors (Lipinski definition) is 1. The molecule has 1 N–H and O–H groups in total. The third-order valence-corrected chi connectivity index (χ3v) is 9.37. The summed E-state index contributed by atoms with van der Waals surface area (Å²) in [7, 11) is 0. The number of rotatable bonds is 9. The topological polar surface area (TPSA) is 92.8 Å². The van der Waals surface area contributed by atoms with Gasteiger partial charge in [0.2, 0.25) is 11.8 Å². The van der Waals surface area contributed by atoms with Crippen LogP contribution in [0, 0.1) is 17.8 Å². The van der Waals surface area contributed by atoms with Gasteiger partial charge in [-0.25, -0.2) is 4.79 Å². The van der Waals surface area contributed by atoms with Crippen LogP contribution in [-0.4, -0.2) is 41.2 Å². The van der Waals surface area contributed by atoms with Gasteiger partial charge in [-0.1, -0.05) is 94.4 Å². The average Bonchev–Trinajstić information content (AvgIpc) is 3.28. The van der Waals surface area contributed by atoms with Gasteiger partial charge in [-0.15, -0.1) is 0 Å². The Morgan fingerprint density at radius 1 is 0.767 bits per heavy atom. The van der Waals surface area contributed by atoms with Crippen molar-refractivity contribution in [1.29, 1.82) is 0 Å². The van der Waals surface area contributed by atoms with E-state index < -0.39 is 36.4 Å². The van der Waals surface area contributed by atoms with E-state index in [4.69, 9.17) is 4.74 Å². The molecule has 0 saturated carbocycles. The molecule has 3 aromatic rings. The van der Waals surface area contributed by atoms with Gasteiger partial charge in [-0.2, -0.15) is 0 Å². The van der Waals surface area contributed by atoms with E-state index >= 15 is 0 Å². The first kappa shape index (κ1) is 28.8. The Labute approximate surface area is 252 Å². The zero-order valence-corrected chi connectivity index (χ0v) is 25.1. The number of aryl methyl sites for hydroxylation is 2. The van der Waals surface area contributed by atoms with Gasteiger partial charge in [0.25, 0.3) is 5.91 Å². The van der Waals surface area contributed by atoms with E-state index in [2.05, 4.69) is 29.6 Å². The Balaban J connectivity index is 1.26. The monoisotopic (exact) mass is 578 g/mol. The van der Waals surface area contributed by atoms with Crippen molar-refractivity contribution in [2.24, 2.45) is 17.8 Å². The highest BCUT2D eigenvalue weighted by molar-refractivity contribution is 6.10. The normalized spacial score (nSPS) is 22.2. The predicted octanol–water partition coefficient (Wildman–Crippen LogP) is 5.60. The smallest absolute Gasteiger partial charge is 0.329 e. The number of anilines is 1. The molecule has 0 radical (unpaired) electrons. The minimum absolute atomic E-state index is 0.00395. The van der Waals surface area contributed by atoms with Crippen LogP contribution in [-0.2, 0) is 36.8 Å². The Bertz CT molecular complexity index is 1470. The molecule has 4 aliphatic rings. The van der Waals surface area contributed by atoms with Crippen molar-refractivity contribution < 1.29 is 23.9 Å². The second-order valence-corrected chi connectivity index (χ2v) is 12.3. The van der Waals surface area contributed by atoms with Crippen molar-refractivity contribution in [2.45, 2.75) is 64.8 Å². The number of benzene rings is 3. The molecule has 0 unspecified atom stereocenters. The summed E-state index contributed by atoms with van der Waals surface area (Å²) in [4.78, 5) is 56.2. The summed E-state index contributed by atoms with van der Waals surface area (Å²) < 4.78 is 5.54. The quantitative estimate of drug-likeness (QED) is 0.264. The molecule has 43 heavy (non-hydrogen) atoms. The second kappa shape index (κ2) is 11.4. The first-order chi connectivity index (χ1) is 20.8. The number of carbonyl (C=O) groups is 4. The van der Waals surface area contributed by atoms with Crippen LogP contribution >= 0.6 is 0 Å². The number of nitrogens with zero attached hydrogens (tertiary/aromatic N) is 1. The molecule has 2 bridgehead atoms. The van der Waals surface area contributed by atoms with Crippen LogP contribution in [0.25, 0.3) is 0 Å². The van der Waals surface area contributed by atoms with Gasteiger partial charge in [0.05, 0.1) is 11.8 Å². The lowest BCUT2D eigenvalue weighted by molar-refractivity contribution is -0.160. The molecule has 222 valence electrons. The summed E-state index contributed by atoms with van der Waals surface area (Å²) in [6, 6.07) is 20.9. The molecule has 3 amide bonds. The number of ether oxygens (including phenoxy) is 1. The highest BCUT2D eigenvalue weighted by Crippen LogP contribution is 2.61. The first-order valence-electron chi connectivity index (χ1n) is 15.4. The maximum absolute atomic E-state index is 14.2. The van der Waals surface area contributed by atoms with E-state index in [0.717, 1.165) is 51.9 Å². The zero-order valence-electron chi connectivity index (χ0n) is 25.1. The highest BCUT2D eigenvalue weighted by Gasteiger charge is 2.63. The van der Waals surface area contributed by atoms with Crippen molar-refractivity contribution in [3.8, 4) is 0 Å². The van der Waals surface area contributed by atoms with Crippen molar-refractivity contribution >= 4 is 29.4 Å². The minimum atomic E-state index is -1.10. The molecular weight excluding hydrogens is 540 g/mol. The maximum Gasteiger partial charge on any atom is 0.329 e. The summed E-state index contributed by atoms with van der Waals surface area (Å²) in [5.74, 6) is -3.50.